The van der Waals surface area contributed by atoms with Crippen LogP contribution in [0.25, 0.3) is 33.4 Å². The Morgan fingerprint density at radius 3 is 2.04 bits per heavy atom. The number of aryl methyl sites for hydroxylation is 1. The number of nitrogen functional groups attached to an aromatic ring is 1. The van der Waals surface area contributed by atoms with Crippen LogP contribution in [0.4, 0.5) is 5.69 Å². The summed E-state index contributed by atoms with van der Waals surface area (Å²) in [5.74, 6) is 0. The summed E-state index contributed by atoms with van der Waals surface area (Å²) in [4.78, 5) is 31.6. The fraction of sp³-hybridized carbons (Fsp3) is 0.0500. The molecule has 0 fully saturated rings. The van der Waals surface area contributed by atoms with Crippen LogP contribution in [0.2, 0.25) is 10.0 Å². The molecule has 2 aromatic heterocycles. The van der Waals surface area contributed by atoms with Gasteiger partial charge in [0, 0.05) is 28.2 Å². The number of anilines is 1. The van der Waals surface area contributed by atoms with Crippen LogP contribution < -0.4 is 17.0 Å². The zero-order valence-electron chi connectivity index (χ0n) is 14.7. The van der Waals surface area contributed by atoms with E-state index in [0.717, 1.165) is 0 Å². The van der Waals surface area contributed by atoms with Crippen LogP contribution >= 0.6 is 23.2 Å². The van der Waals surface area contributed by atoms with Gasteiger partial charge in [0.25, 0.3) is 5.56 Å². The summed E-state index contributed by atoms with van der Waals surface area (Å²) in [7, 11) is 1.54. The van der Waals surface area contributed by atoms with E-state index in [1.807, 2.05) is 0 Å². The summed E-state index contributed by atoms with van der Waals surface area (Å²) < 4.78 is 1.29. The minimum Gasteiger partial charge on any atom is -0.396 e. The van der Waals surface area contributed by atoms with E-state index >= 15 is 0 Å². The Balaban J connectivity index is 2.19. The summed E-state index contributed by atoms with van der Waals surface area (Å²) in [6, 6.07) is 14.0. The molecule has 2 aromatic carbocycles. The first-order valence-corrected chi connectivity index (χ1v) is 9.07. The van der Waals surface area contributed by atoms with Crippen molar-refractivity contribution in [1.82, 2.24) is 14.5 Å². The van der Waals surface area contributed by atoms with E-state index in [4.69, 9.17) is 28.9 Å². The first-order chi connectivity index (χ1) is 13.4. The maximum Gasteiger partial charge on any atom is 0.329 e. The highest BCUT2D eigenvalue weighted by Crippen LogP contribution is 2.37. The smallest absolute Gasteiger partial charge is 0.329 e. The van der Waals surface area contributed by atoms with E-state index in [9.17, 15) is 9.59 Å². The van der Waals surface area contributed by atoms with Crippen molar-refractivity contribution in [3.63, 3.8) is 0 Å². The number of fused-ring (bicyclic) bond motifs is 1. The first-order valence-electron chi connectivity index (χ1n) is 8.31. The maximum atomic E-state index is 12.6. The number of pyridine rings is 1. The Bertz CT molecular complexity index is 1320. The minimum absolute atomic E-state index is 0.234. The lowest BCUT2D eigenvalue weighted by atomic mass is 9.97. The second-order valence-electron chi connectivity index (χ2n) is 6.28. The van der Waals surface area contributed by atoms with Crippen LogP contribution in [-0.4, -0.2) is 14.5 Å². The quantitative estimate of drug-likeness (QED) is 0.522. The van der Waals surface area contributed by atoms with Crippen molar-refractivity contribution in [1.29, 1.82) is 0 Å². The molecule has 0 aliphatic heterocycles. The monoisotopic (exact) mass is 412 g/mol. The third-order valence-corrected chi connectivity index (χ3v) is 5.04. The van der Waals surface area contributed by atoms with Crippen molar-refractivity contribution in [3.8, 4) is 22.4 Å². The molecule has 0 amide bonds. The highest BCUT2D eigenvalue weighted by molar-refractivity contribution is 6.31. The van der Waals surface area contributed by atoms with Crippen LogP contribution in [0.15, 0.2) is 58.1 Å². The van der Waals surface area contributed by atoms with Gasteiger partial charge >= 0.3 is 5.69 Å². The predicted molar refractivity (Wildman–Crippen MR) is 113 cm³/mol. The average Bonchev–Trinajstić information content (AvgIpc) is 2.67. The number of hydrogen-bond donors (Lipinski definition) is 2. The minimum atomic E-state index is -0.557. The van der Waals surface area contributed by atoms with Gasteiger partial charge in [-0.25, -0.2) is 9.78 Å². The van der Waals surface area contributed by atoms with E-state index < -0.39 is 11.2 Å². The van der Waals surface area contributed by atoms with Crippen LogP contribution in [0.5, 0.6) is 0 Å². The lowest BCUT2D eigenvalue weighted by molar-refractivity contribution is 0.830. The SMILES string of the molecule is Cn1c(=O)[nH]c(=O)c2c(-c3ccc(Cl)cc3)c(N)c(-c3ccc(Cl)cc3)nc21. The second kappa shape index (κ2) is 6.82. The van der Waals surface area contributed by atoms with Crippen molar-refractivity contribution in [3.05, 3.63) is 79.4 Å². The van der Waals surface area contributed by atoms with Gasteiger partial charge in [0.2, 0.25) is 0 Å². The molecule has 8 heteroatoms. The molecule has 4 aromatic rings. The number of nitrogens with one attached hydrogen (secondary N) is 1. The molecule has 0 aliphatic carbocycles. The van der Waals surface area contributed by atoms with Gasteiger partial charge in [0.1, 0.15) is 0 Å². The fourth-order valence-corrected chi connectivity index (χ4v) is 3.38. The lowest BCUT2D eigenvalue weighted by Gasteiger charge is -2.15. The van der Waals surface area contributed by atoms with Crippen LogP contribution in [0, 0.1) is 0 Å². The molecule has 4 rings (SSSR count). The Morgan fingerprint density at radius 1 is 0.929 bits per heavy atom. The standard InChI is InChI=1S/C20H14Cl2N4O2/c1-26-18-15(19(27)25-20(26)28)14(10-2-6-12(21)7-3-10)16(23)17(24-18)11-4-8-13(22)9-5-11/h2-9H,23H2,1H3,(H,25,27,28). The van der Waals surface area contributed by atoms with Gasteiger partial charge in [0.15, 0.2) is 5.65 Å². The molecule has 0 spiro atoms. The molecule has 28 heavy (non-hydrogen) atoms. The van der Waals surface area contributed by atoms with Crippen molar-refractivity contribution >= 4 is 39.9 Å². The highest BCUT2D eigenvalue weighted by Gasteiger charge is 2.20. The highest BCUT2D eigenvalue weighted by atomic mass is 35.5. The van der Waals surface area contributed by atoms with E-state index in [1.165, 1.54) is 4.57 Å². The molecule has 0 aliphatic rings. The molecule has 3 N–H and O–H groups in total. The number of rotatable bonds is 2. The summed E-state index contributed by atoms with van der Waals surface area (Å²) >= 11 is 12.0. The summed E-state index contributed by atoms with van der Waals surface area (Å²) in [5, 5.41) is 1.37. The Hall–Kier alpha value is -3.09. The van der Waals surface area contributed by atoms with Crippen LogP contribution in [0.1, 0.15) is 0 Å². The normalized spacial score (nSPS) is 11.1. The molecular formula is C20H14Cl2N4O2. The lowest BCUT2D eigenvalue weighted by Crippen LogP contribution is -2.29. The Labute approximate surface area is 169 Å². The molecule has 0 radical (unpaired) electrons. The number of halogens is 2. The molecule has 2 heterocycles. The maximum absolute atomic E-state index is 12.6. The Morgan fingerprint density at radius 2 is 1.46 bits per heavy atom. The van der Waals surface area contributed by atoms with Gasteiger partial charge in [-0.05, 0) is 29.8 Å². The zero-order valence-corrected chi connectivity index (χ0v) is 16.2. The third-order valence-electron chi connectivity index (χ3n) is 4.54. The van der Waals surface area contributed by atoms with E-state index in [0.29, 0.717) is 38.1 Å². The van der Waals surface area contributed by atoms with Crippen molar-refractivity contribution in [2.24, 2.45) is 7.05 Å². The predicted octanol–water partition coefficient (Wildman–Crippen LogP) is 3.84. The zero-order chi connectivity index (χ0) is 20.0. The van der Waals surface area contributed by atoms with Crippen molar-refractivity contribution in [2.45, 2.75) is 0 Å². The molecular weight excluding hydrogens is 399 g/mol. The third kappa shape index (κ3) is 2.96. The number of nitrogens with two attached hydrogens (primary N) is 1. The molecule has 0 bridgehead atoms. The van der Waals surface area contributed by atoms with Crippen LogP contribution in [-0.2, 0) is 7.05 Å². The summed E-state index contributed by atoms with van der Waals surface area (Å²) in [6.45, 7) is 0. The van der Waals surface area contributed by atoms with Crippen LogP contribution in [0.3, 0.4) is 0 Å². The number of H-pyrrole nitrogens is 1. The first kappa shape index (κ1) is 18.3. The molecule has 0 saturated carbocycles. The average molecular weight is 413 g/mol. The summed E-state index contributed by atoms with van der Waals surface area (Å²) in [6.07, 6.45) is 0. The summed E-state index contributed by atoms with van der Waals surface area (Å²) in [5.41, 5.74) is 8.27. The van der Waals surface area contributed by atoms with Gasteiger partial charge in [-0.2, -0.15) is 0 Å². The molecule has 140 valence electrons. The molecule has 0 saturated heterocycles. The fourth-order valence-electron chi connectivity index (χ4n) is 3.13. The second-order valence-corrected chi connectivity index (χ2v) is 7.15. The molecule has 6 nitrogen and oxygen atoms in total. The van der Waals surface area contributed by atoms with Crippen molar-refractivity contribution in [2.75, 3.05) is 5.73 Å². The van der Waals surface area contributed by atoms with E-state index in [1.54, 1.807) is 55.6 Å². The van der Waals surface area contributed by atoms with E-state index in [-0.39, 0.29) is 11.0 Å². The number of benzene rings is 2. The largest absolute Gasteiger partial charge is 0.396 e. The van der Waals surface area contributed by atoms with Gasteiger partial charge in [0.05, 0.1) is 16.8 Å². The van der Waals surface area contributed by atoms with Gasteiger partial charge in [-0.3, -0.25) is 14.3 Å². The van der Waals surface area contributed by atoms with Gasteiger partial charge < -0.3 is 5.73 Å². The number of aromatic nitrogens is 3. The number of nitrogens with zero attached hydrogens (tertiary/aromatic N) is 2. The van der Waals surface area contributed by atoms with Crippen molar-refractivity contribution < 1.29 is 0 Å². The molecule has 0 atom stereocenters. The van der Waals surface area contributed by atoms with E-state index in [2.05, 4.69) is 9.97 Å². The number of aromatic amines is 1. The topological polar surface area (TPSA) is 93.8 Å². The van der Waals surface area contributed by atoms with Gasteiger partial charge in [-0.15, -0.1) is 0 Å². The Kier molecular flexibility index (Phi) is 4.45. The molecule has 0 unspecified atom stereocenters. The van der Waals surface area contributed by atoms with Gasteiger partial charge in [-0.1, -0.05) is 47.5 Å². The number of hydrogen-bond acceptors (Lipinski definition) is 4.